The van der Waals surface area contributed by atoms with Crippen molar-refractivity contribution in [1.82, 2.24) is 15.5 Å². The summed E-state index contributed by atoms with van der Waals surface area (Å²) in [5.74, 6) is -4.63. The molecule has 5 N–H and O–H groups in total. The lowest BCUT2D eigenvalue weighted by atomic mass is 9.66. The summed E-state index contributed by atoms with van der Waals surface area (Å²) in [6.07, 6.45) is 0.992. The molecule has 1 aliphatic heterocycles. The number of amides is 3. The second-order valence-corrected chi connectivity index (χ2v) is 13.5. The van der Waals surface area contributed by atoms with Crippen LogP contribution in [0.25, 0.3) is 10.8 Å². The maximum Gasteiger partial charge on any atom is 0.455 e. The number of carboxylic acid groups (broad SMARTS) is 1. The van der Waals surface area contributed by atoms with E-state index in [0.717, 1.165) is 16.3 Å². The molecule has 2 aromatic rings. The Kier molecular flexibility index (Phi) is 14.9. The summed E-state index contributed by atoms with van der Waals surface area (Å²) in [5.41, 5.74) is 0.837. The van der Waals surface area contributed by atoms with Gasteiger partial charge >= 0.3 is 13.1 Å². The van der Waals surface area contributed by atoms with E-state index in [1.165, 1.54) is 11.8 Å². The van der Waals surface area contributed by atoms with Crippen LogP contribution in [0.5, 0.6) is 0 Å². The number of hydrogen-bond donors (Lipinski definition) is 5. The minimum absolute atomic E-state index is 0.108. The van der Waals surface area contributed by atoms with Gasteiger partial charge in [0.2, 0.25) is 17.7 Å². The van der Waals surface area contributed by atoms with Crippen molar-refractivity contribution in [1.29, 1.82) is 0 Å². The van der Waals surface area contributed by atoms with Gasteiger partial charge in [-0.2, -0.15) is 0 Å². The average Bonchev–Trinajstić information content (AvgIpc) is 3.55. The van der Waals surface area contributed by atoms with Gasteiger partial charge in [-0.3, -0.25) is 28.8 Å². The number of likely N-dealkylation sites (tertiary alicyclic amines) is 1. The first-order valence-corrected chi connectivity index (χ1v) is 17.2. The molecule has 1 heterocycles. The number of carboxylic acids is 1. The number of hydrogen-bond acceptors (Lipinski definition) is 8. The highest BCUT2D eigenvalue weighted by atomic mass is 16.4. The van der Waals surface area contributed by atoms with Crippen molar-refractivity contribution in [3.05, 3.63) is 48.0 Å². The maximum atomic E-state index is 13.8. The van der Waals surface area contributed by atoms with E-state index in [1.807, 2.05) is 56.3 Å². The van der Waals surface area contributed by atoms with Crippen LogP contribution in [0.2, 0.25) is 5.82 Å². The Bertz CT molecular complexity index is 1490. The molecule has 266 valence electrons. The van der Waals surface area contributed by atoms with Crippen LogP contribution in [0.4, 0.5) is 0 Å². The van der Waals surface area contributed by atoms with Crippen LogP contribution in [0.3, 0.4) is 0 Å². The number of aliphatic carboxylic acids is 1. The van der Waals surface area contributed by atoms with E-state index < -0.39 is 60.7 Å². The molecular formula is C36H50BN3O9. The predicted molar refractivity (Wildman–Crippen MR) is 185 cm³/mol. The van der Waals surface area contributed by atoms with Gasteiger partial charge in [0.1, 0.15) is 17.9 Å². The second kappa shape index (κ2) is 18.6. The van der Waals surface area contributed by atoms with Crippen molar-refractivity contribution in [3.8, 4) is 0 Å². The van der Waals surface area contributed by atoms with Gasteiger partial charge in [-0.15, -0.1) is 0 Å². The summed E-state index contributed by atoms with van der Waals surface area (Å²) in [6.45, 7) is 7.36. The van der Waals surface area contributed by atoms with E-state index in [-0.39, 0.29) is 56.1 Å². The molecule has 13 heteroatoms. The van der Waals surface area contributed by atoms with Crippen LogP contribution < -0.4 is 10.6 Å². The van der Waals surface area contributed by atoms with Gasteiger partial charge in [0.05, 0.1) is 12.5 Å². The van der Waals surface area contributed by atoms with Crippen molar-refractivity contribution >= 4 is 53.1 Å². The van der Waals surface area contributed by atoms with E-state index >= 15 is 0 Å². The molecule has 3 rings (SSSR count). The van der Waals surface area contributed by atoms with Gasteiger partial charge in [-0.05, 0) is 54.9 Å². The molecule has 1 saturated heterocycles. The third kappa shape index (κ3) is 11.5. The maximum absolute atomic E-state index is 13.8. The van der Waals surface area contributed by atoms with E-state index in [9.17, 15) is 38.8 Å². The van der Waals surface area contributed by atoms with Gasteiger partial charge < -0.3 is 30.7 Å². The standard InChI is InChI=1S/C36H50BN3O9/c1-5-24(19-28(41)15-16-33(43)44)34(45)38-23(4)36(47)40-17-9-14-31(40)35(46)39-30(32(42)21-27(37(48)49)18-22(2)3)20-26-12-8-11-25-10-6-7-13-29(25)26/h6-8,10-13,22-24,27,30-31,48-49H,5,9,14-21H2,1-4H3,(H,38,45)(H,39,46)(H,43,44)/t23-,24-,27-,30+,31+/m1/s1. The number of carbonyl (C=O) groups excluding carboxylic acids is 5. The SMILES string of the molecule is CC[C@H](CC(=O)CCC(=O)O)C(=O)N[C@H](C)C(=O)N1CCC[C@H]1C(=O)N[C@@H](Cc1cccc2ccccc12)C(=O)C[C@@H](CC(C)C)B(O)O. The first-order valence-electron chi connectivity index (χ1n) is 17.2. The Morgan fingerprint density at radius 3 is 2.29 bits per heavy atom. The predicted octanol–water partition coefficient (Wildman–Crippen LogP) is 3.06. The normalized spacial score (nSPS) is 16.9. The Labute approximate surface area is 288 Å². The van der Waals surface area contributed by atoms with Gasteiger partial charge in [0, 0.05) is 44.0 Å². The number of ketones is 2. The van der Waals surface area contributed by atoms with Gasteiger partial charge in [0.15, 0.2) is 5.78 Å². The van der Waals surface area contributed by atoms with Crippen LogP contribution in [0, 0.1) is 11.8 Å². The smallest absolute Gasteiger partial charge is 0.455 e. The van der Waals surface area contributed by atoms with Crippen molar-refractivity contribution in [2.45, 2.75) is 109 Å². The molecule has 0 bridgehead atoms. The summed E-state index contributed by atoms with van der Waals surface area (Å²) in [5, 5.41) is 36.3. The summed E-state index contributed by atoms with van der Waals surface area (Å²) in [6, 6.07) is 10.5. The van der Waals surface area contributed by atoms with Crippen LogP contribution >= 0.6 is 0 Å². The highest BCUT2D eigenvalue weighted by molar-refractivity contribution is 6.43. The molecular weight excluding hydrogens is 629 g/mol. The van der Waals surface area contributed by atoms with E-state index in [1.54, 1.807) is 6.92 Å². The fourth-order valence-electron chi connectivity index (χ4n) is 6.51. The Hall–Kier alpha value is -4.10. The second-order valence-electron chi connectivity index (χ2n) is 13.5. The highest BCUT2D eigenvalue weighted by Gasteiger charge is 2.39. The highest BCUT2D eigenvalue weighted by Crippen LogP contribution is 2.27. The first-order chi connectivity index (χ1) is 23.2. The molecule has 2 aromatic carbocycles. The number of fused-ring (bicyclic) bond motifs is 1. The molecule has 1 aliphatic rings. The molecule has 0 saturated carbocycles. The number of rotatable bonds is 19. The molecule has 12 nitrogen and oxygen atoms in total. The lowest BCUT2D eigenvalue weighted by molar-refractivity contribution is -0.142. The minimum Gasteiger partial charge on any atom is -0.481 e. The number of nitrogens with zero attached hydrogens (tertiary/aromatic N) is 1. The van der Waals surface area contributed by atoms with Crippen LogP contribution in [-0.4, -0.2) is 87.1 Å². The third-order valence-corrected chi connectivity index (χ3v) is 9.19. The molecule has 0 spiro atoms. The number of Topliss-reactive ketones (excluding diaryl/α,β-unsaturated/α-hetero) is 2. The van der Waals surface area contributed by atoms with Gasteiger partial charge in [0.25, 0.3) is 0 Å². The Balaban J connectivity index is 1.76. The quantitative estimate of drug-likeness (QED) is 0.139. The van der Waals surface area contributed by atoms with E-state index in [2.05, 4.69) is 10.6 Å². The Morgan fingerprint density at radius 1 is 0.939 bits per heavy atom. The molecule has 0 aromatic heterocycles. The number of carbonyl (C=O) groups is 6. The summed E-state index contributed by atoms with van der Waals surface area (Å²) in [7, 11) is -1.70. The van der Waals surface area contributed by atoms with Crippen LogP contribution in [0.1, 0.15) is 84.6 Å². The van der Waals surface area contributed by atoms with Crippen molar-refractivity contribution < 1.29 is 43.9 Å². The molecule has 0 radical (unpaired) electrons. The van der Waals surface area contributed by atoms with Crippen molar-refractivity contribution in [2.75, 3.05) is 6.54 Å². The van der Waals surface area contributed by atoms with Crippen molar-refractivity contribution in [2.24, 2.45) is 11.8 Å². The topological polar surface area (TPSA) is 190 Å². The average molecular weight is 680 g/mol. The largest absolute Gasteiger partial charge is 0.481 e. The van der Waals surface area contributed by atoms with Gasteiger partial charge in [-0.25, -0.2) is 0 Å². The molecule has 1 fully saturated rings. The zero-order valence-electron chi connectivity index (χ0n) is 28.9. The molecule has 49 heavy (non-hydrogen) atoms. The van der Waals surface area contributed by atoms with Crippen molar-refractivity contribution in [3.63, 3.8) is 0 Å². The fourth-order valence-corrected chi connectivity index (χ4v) is 6.51. The van der Waals surface area contributed by atoms with E-state index in [0.29, 0.717) is 25.7 Å². The van der Waals surface area contributed by atoms with Gasteiger partial charge in [-0.1, -0.05) is 63.2 Å². The molecule has 0 unspecified atom stereocenters. The van der Waals surface area contributed by atoms with Crippen LogP contribution in [-0.2, 0) is 35.2 Å². The van der Waals surface area contributed by atoms with E-state index in [4.69, 9.17) is 5.11 Å². The number of nitrogens with one attached hydrogen (secondary N) is 2. The monoisotopic (exact) mass is 679 g/mol. The van der Waals surface area contributed by atoms with Crippen LogP contribution in [0.15, 0.2) is 42.5 Å². The Morgan fingerprint density at radius 2 is 1.63 bits per heavy atom. The zero-order chi connectivity index (χ0) is 36.2. The minimum atomic E-state index is -1.70. The molecule has 0 aliphatic carbocycles. The molecule has 5 atom stereocenters. The molecule has 3 amide bonds. The summed E-state index contributed by atoms with van der Waals surface area (Å²) >= 11 is 0. The summed E-state index contributed by atoms with van der Waals surface area (Å²) < 4.78 is 0. The lowest BCUT2D eigenvalue weighted by Crippen LogP contribution is -2.55. The zero-order valence-corrected chi connectivity index (χ0v) is 28.9. The third-order valence-electron chi connectivity index (χ3n) is 9.19. The fraction of sp³-hybridized carbons (Fsp3) is 0.556. The number of benzene rings is 2. The first kappa shape index (κ1) is 39.3. The lowest BCUT2D eigenvalue weighted by Gasteiger charge is -2.29. The summed E-state index contributed by atoms with van der Waals surface area (Å²) in [4.78, 5) is 78.6.